The first kappa shape index (κ1) is 17.0. The van der Waals surface area contributed by atoms with Gasteiger partial charge in [0.15, 0.2) is 0 Å². The third-order valence-corrected chi connectivity index (χ3v) is 4.20. The molecule has 0 aromatic heterocycles. The van der Waals surface area contributed by atoms with Crippen molar-refractivity contribution < 1.29 is 19.4 Å². The monoisotopic (exact) mass is 340 g/mol. The number of amides is 2. The molecular weight excluding hydrogens is 320 g/mol. The molecule has 1 heterocycles. The Morgan fingerprint density at radius 3 is 2.72 bits per heavy atom. The van der Waals surface area contributed by atoms with Crippen molar-refractivity contribution >= 4 is 17.5 Å². The molecule has 6 nitrogen and oxygen atoms in total. The third kappa shape index (κ3) is 3.34. The first-order valence-electron chi connectivity index (χ1n) is 8.02. The molecule has 2 aromatic rings. The van der Waals surface area contributed by atoms with Crippen molar-refractivity contribution in [3.63, 3.8) is 0 Å². The van der Waals surface area contributed by atoms with Crippen LogP contribution in [0.4, 0.5) is 5.69 Å². The highest BCUT2D eigenvalue weighted by Crippen LogP contribution is 2.34. The van der Waals surface area contributed by atoms with E-state index >= 15 is 0 Å². The molecule has 0 saturated heterocycles. The zero-order valence-electron chi connectivity index (χ0n) is 14.1. The number of hydrogen-bond donors (Lipinski definition) is 3. The van der Waals surface area contributed by atoms with Crippen LogP contribution in [0.1, 0.15) is 24.2 Å². The number of hydrogen-bond acceptors (Lipinski definition) is 4. The van der Waals surface area contributed by atoms with Gasteiger partial charge < -0.3 is 20.5 Å². The summed E-state index contributed by atoms with van der Waals surface area (Å²) < 4.78 is 5.68. The SMILES string of the molecule is Cc1ccc2c(c1)NC(=O)C(C)(C(=O)NCC(O)c1ccccc1)O2. The summed E-state index contributed by atoms with van der Waals surface area (Å²) in [6.45, 7) is 3.29. The number of aryl methyl sites for hydroxylation is 1. The number of benzene rings is 2. The summed E-state index contributed by atoms with van der Waals surface area (Å²) in [7, 11) is 0. The van der Waals surface area contributed by atoms with Gasteiger partial charge in [0.1, 0.15) is 5.75 Å². The first-order chi connectivity index (χ1) is 11.9. The summed E-state index contributed by atoms with van der Waals surface area (Å²) in [5.74, 6) is -0.713. The number of aliphatic hydroxyl groups is 1. The molecular formula is C19H20N2O4. The van der Waals surface area contributed by atoms with Gasteiger partial charge in [-0.15, -0.1) is 0 Å². The predicted molar refractivity (Wildman–Crippen MR) is 93.3 cm³/mol. The van der Waals surface area contributed by atoms with Crippen LogP contribution in [0.2, 0.25) is 0 Å². The number of ether oxygens (including phenoxy) is 1. The molecule has 2 amide bonds. The molecule has 6 heteroatoms. The molecule has 0 saturated carbocycles. The highest BCUT2D eigenvalue weighted by molar-refractivity contribution is 6.15. The van der Waals surface area contributed by atoms with Crippen LogP contribution in [0.15, 0.2) is 48.5 Å². The minimum Gasteiger partial charge on any atom is -0.466 e. The molecule has 1 aliphatic heterocycles. The van der Waals surface area contributed by atoms with E-state index in [1.54, 1.807) is 36.4 Å². The van der Waals surface area contributed by atoms with Crippen molar-refractivity contribution in [1.29, 1.82) is 0 Å². The van der Waals surface area contributed by atoms with E-state index in [-0.39, 0.29) is 6.54 Å². The molecule has 2 aromatic carbocycles. The van der Waals surface area contributed by atoms with Gasteiger partial charge in [-0.2, -0.15) is 0 Å². The summed E-state index contributed by atoms with van der Waals surface area (Å²) in [6.07, 6.45) is -0.865. The summed E-state index contributed by atoms with van der Waals surface area (Å²) in [4.78, 5) is 24.9. The number of fused-ring (bicyclic) bond motifs is 1. The molecule has 0 radical (unpaired) electrons. The van der Waals surface area contributed by atoms with Crippen LogP contribution in [-0.2, 0) is 9.59 Å². The minimum atomic E-state index is -1.70. The van der Waals surface area contributed by atoms with Gasteiger partial charge in [0.25, 0.3) is 17.4 Å². The van der Waals surface area contributed by atoms with Crippen LogP contribution >= 0.6 is 0 Å². The van der Waals surface area contributed by atoms with E-state index in [9.17, 15) is 14.7 Å². The fourth-order valence-electron chi connectivity index (χ4n) is 2.64. The average molecular weight is 340 g/mol. The van der Waals surface area contributed by atoms with E-state index in [0.29, 0.717) is 17.0 Å². The van der Waals surface area contributed by atoms with Gasteiger partial charge in [-0.3, -0.25) is 9.59 Å². The lowest BCUT2D eigenvalue weighted by Crippen LogP contribution is -2.59. The van der Waals surface area contributed by atoms with E-state index in [2.05, 4.69) is 10.6 Å². The zero-order chi connectivity index (χ0) is 18.0. The number of carbonyl (C=O) groups is 2. The predicted octanol–water partition coefficient (Wildman–Crippen LogP) is 1.93. The lowest BCUT2D eigenvalue weighted by atomic mass is 10.0. The van der Waals surface area contributed by atoms with Gasteiger partial charge in [-0.25, -0.2) is 0 Å². The van der Waals surface area contributed by atoms with E-state index in [1.807, 2.05) is 19.1 Å². The first-order valence-corrected chi connectivity index (χ1v) is 8.02. The summed E-state index contributed by atoms with van der Waals surface area (Å²) in [5, 5.41) is 15.4. The molecule has 25 heavy (non-hydrogen) atoms. The Morgan fingerprint density at radius 2 is 2.00 bits per heavy atom. The largest absolute Gasteiger partial charge is 0.466 e. The van der Waals surface area contributed by atoms with E-state index in [1.165, 1.54) is 6.92 Å². The van der Waals surface area contributed by atoms with Gasteiger partial charge in [0.2, 0.25) is 0 Å². The van der Waals surface area contributed by atoms with Crippen molar-refractivity contribution in [3.05, 3.63) is 59.7 Å². The maximum Gasteiger partial charge on any atom is 0.278 e. The second-order valence-corrected chi connectivity index (χ2v) is 6.23. The average Bonchev–Trinajstić information content (AvgIpc) is 2.61. The smallest absolute Gasteiger partial charge is 0.278 e. The summed E-state index contributed by atoms with van der Waals surface area (Å²) in [6, 6.07) is 14.3. The van der Waals surface area contributed by atoms with Crippen LogP contribution < -0.4 is 15.4 Å². The van der Waals surface area contributed by atoms with E-state index in [4.69, 9.17) is 4.74 Å². The highest BCUT2D eigenvalue weighted by atomic mass is 16.5. The Labute approximate surface area is 145 Å². The van der Waals surface area contributed by atoms with Crippen LogP contribution in [-0.4, -0.2) is 29.1 Å². The Morgan fingerprint density at radius 1 is 1.28 bits per heavy atom. The zero-order valence-corrected chi connectivity index (χ0v) is 14.1. The molecule has 2 atom stereocenters. The van der Waals surface area contributed by atoms with Crippen molar-refractivity contribution in [1.82, 2.24) is 5.32 Å². The van der Waals surface area contributed by atoms with Crippen LogP contribution in [0.5, 0.6) is 5.75 Å². The second kappa shape index (κ2) is 6.57. The summed E-state index contributed by atoms with van der Waals surface area (Å²) in [5.41, 5.74) is 0.502. The molecule has 0 spiro atoms. The maximum absolute atomic E-state index is 12.5. The van der Waals surface area contributed by atoms with Crippen LogP contribution in [0.25, 0.3) is 0 Å². The molecule has 2 unspecified atom stereocenters. The van der Waals surface area contributed by atoms with Crippen molar-refractivity contribution in [3.8, 4) is 5.75 Å². The Bertz CT molecular complexity index is 806. The lowest BCUT2D eigenvalue weighted by molar-refractivity contribution is -0.147. The summed E-state index contributed by atoms with van der Waals surface area (Å²) >= 11 is 0. The van der Waals surface area contributed by atoms with Crippen molar-refractivity contribution in [2.45, 2.75) is 25.6 Å². The standard InChI is InChI=1S/C19H20N2O4/c1-12-8-9-16-14(10-12)21-18(24)19(2,25-16)17(23)20-11-15(22)13-6-4-3-5-7-13/h3-10,15,22H,11H2,1-2H3,(H,20,23)(H,21,24). The number of anilines is 1. The maximum atomic E-state index is 12.5. The number of nitrogens with one attached hydrogen (secondary N) is 2. The van der Waals surface area contributed by atoms with Gasteiger partial charge in [-0.05, 0) is 37.1 Å². The molecule has 0 bridgehead atoms. The highest BCUT2D eigenvalue weighted by Gasteiger charge is 2.47. The topological polar surface area (TPSA) is 87.7 Å². The quantitative estimate of drug-likeness (QED) is 0.742. The van der Waals surface area contributed by atoms with Gasteiger partial charge in [-0.1, -0.05) is 36.4 Å². The number of carbonyl (C=O) groups excluding carboxylic acids is 2. The fourth-order valence-corrected chi connectivity index (χ4v) is 2.64. The van der Waals surface area contributed by atoms with E-state index < -0.39 is 23.5 Å². The molecule has 3 N–H and O–H groups in total. The van der Waals surface area contributed by atoms with Crippen LogP contribution in [0, 0.1) is 6.92 Å². The Kier molecular flexibility index (Phi) is 4.46. The Hall–Kier alpha value is -2.86. The van der Waals surface area contributed by atoms with Gasteiger partial charge >= 0.3 is 0 Å². The number of rotatable bonds is 4. The fraction of sp³-hybridized carbons (Fsp3) is 0.263. The molecule has 0 aliphatic carbocycles. The van der Waals surface area contributed by atoms with Gasteiger partial charge in [0.05, 0.1) is 11.8 Å². The van der Waals surface area contributed by atoms with Crippen molar-refractivity contribution in [2.24, 2.45) is 0 Å². The molecule has 3 rings (SSSR count). The lowest BCUT2D eigenvalue weighted by Gasteiger charge is -2.33. The van der Waals surface area contributed by atoms with Crippen LogP contribution in [0.3, 0.4) is 0 Å². The minimum absolute atomic E-state index is 0.0180. The van der Waals surface area contributed by atoms with E-state index in [0.717, 1.165) is 5.56 Å². The molecule has 130 valence electrons. The van der Waals surface area contributed by atoms with Gasteiger partial charge in [0, 0.05) is 6.54 Å². The molecule has 1 aliphatic rings. The third-order valence-electron chi connectivity index (χ3n) is 4.20. The Balaban J connectivity index is 1.71. The normalized spacial score (nSPS) is 20.0. The second-order valence-electron chi connectivity index (χ2n) is 6.23. The molecule has 0 fully saturated rings. The van der Waals surface area contributed by atoms with Crippen molar-refractivity contribution in [2.75, 3.05) is 11.9 Å². The number of aliphatic hydroxyl groups excluding tert-OH is 1.